The fourth-order valence-electron chi connectivity index (χ4n) is 4.27. The predicted octanol–water partition coefficient (Wildman–Crippen LogP) is 3.58. The third-order valence-electron chi connectivity index (χ3n) is 6.25. The Morgan fingerprint density at radius 2 is 1.70 bits per heavy atom. The van der Waals surface area contributed by atoms with Gasteiger partial charge in [0.2, 0.25) is 23.6 Å². The summed E-state index contributed by atoms with van der Waals surface area (Å²) in [7, 11) is 0. The number of amides is 4. The van der Waals surface area contributed by atoms with Crippen LogP contribution in [0.4, 0.5) is 0 Å². The van der Waals surface area contributed by atoms with E-state index < -0.39 is 6.04 Å². The monoisotopic (exact) mass is 493 g/mol. The Hall–Kier alpha value is -2.38. The van der Waals surface area contributed by atoms with Crippen LogP contribution in [-0.4, -0.2) is 52.6 Å². The summed E-state index contributed by atoms with van der Waals surface area (Å²) in [5, 5.41) is 3.59. The molecule has 1 N–H and O–H groups in total. The second-order valence-corrected chi connectivity index (χ2v) is 9.24. The quantitative estimate of drug-likeness (QED) is 0.420. The van der Waals surface area contributed by atoms with Gasteiger partial charge in [-0.1, -0.05) is 48.3 Å². The van der Waals surface area contributed by atoms with Gasteiger partial charge in [0, 0.05) is 41.7 Å². The number of nitrogens with zero attached hydrogens (tertiary/aromatic N) is 2. The number of fused-ring (bicyclic) bond motifs is 1. The molecule has 1 unspecified atom stereocenters. The molecule has 0 bridgehead atoms. The topological polar surface area (TPSA) is 86.8 Å². The molecule has 33 heavy (non-hydrogen) atoms. The van der Waals surface area contributed by atoms with E-state index in [1.165, 1.54) is 9.80 Å². The number of carbonyl (C=O) groups excluding carboxylic acids is 4. The van der Waals surface area contributed by atoms with Gasteiger partial charge >= 0.3 is 0 Å². The van der Waals surface area contributed by atoms with Crippen LogP contribution in [0, 0.1) is 11.8 Å². The first-order valence-corrected chi connectivity index (χ1v) is 12.0. The molecular formula is C24H29Cl2N3O4. The molecular weight excluding hydrogens is 465 g/mol. The van der Waals surface area contributed by atoms with Gasteiger partial charge < -0.3 is 10.2 Å². The van der Waals surface area contributed by atoms with Crippen LogP contribution in [0.1, 0.15) is 45.1 Å². The molecule has 1 aromatic rings. The molecule has 1 aromatic carbocycles. The van der Waals surface area contributed by atoms with E-state index in [1.54, 1.807) is 25.1 Å². The number of hydrogen-bond acceptors (Lipinski definition) is 4. The molecule has 3 rings (SSSR count). The van der Waals surface area contributed by atoms with Crippen molar-refractivity contribution in [2.24, 2.45) is 11.8 Å². The lowest BCUT2D eigenvalue weighted by Gasteiger charge is -2.30. The minimum Gasteiger partial charge on any atom is -0.354 e. The Balaban J connectivity index is 1.75. The van der Waals surface area contributed by atoms with E-state index >= 15 is 0 Å². The third-order valence-corrected chi connectivity index (χ3v) is 6.96. The maximum absolute atomic E-state index is 13.3. The number of likely N-dealkylation sites (tertiary alicyclic amines) is 1. The average molecular weight is 494 g/mol. The summed E-state index contributed by atoms with van der Waals surface area (Å²) in [6.07, 6.45) is 5.62. The highest BCUT2D eigenvalue weighted by atomic mass is 35.5. The molecule has 0 aromatic heterocycles. The normalized spacial score (nSPS) is 20.5. The van der Waals surface area contributed by atoms with E-state index in [9.17, 15) is 19.2 Å². The van der Waals surface area contributed by atoms with E-state index in [4.69, 9.17) is 23.2 Å². The van der Waals surface area contributed by atoms with Gasteiger partial charge in [-0.05, 0) is 38.3 Å². The van der Waals surface area contributed by atoms with Crippen LogP contribution < -0.4 is 5.32 Å². The molecule has 1 aliphatic carbocycles. The number of hydrogen-bond donors (Lipinski definition) is 1. The molecule has 0 spiro atoms. The minimum atomic E-state index is -0.784. The van der Waals surface area contributed by atoms with E-state index in [-0.39, 0.29) is 55.0 Å². The van der Waals surface area contributed by atoms with Gasteiger partial charge in [-0.2, -0.15) is 0 Å². The van der Waals surface area contributed by atoms with E-state index in [1.807, 2.05) is 19.1 Å². The molecule has 7 nitrogen and oxygen atoms in total. The minimum absolute atomic E-state index is 0.0143. The molecule has 0 radical (unpaired) electrons. The highest BCUT2D eigenvalue weighted by Crippen LogP contribution is 2.35. The molecule has 4 amide bonds. The third kappa shape index (κ3) is 5.58. The van der Waals surface area contributed by atoms with Crippen molar-refractivity contribution in [1.29, 1.82) is 0 Å². The lowest BCUT2D eigenvalue weighted by atomic mass is 9.85. The van der Waals surface area contributed by atoms with Gasteiger partial charge in [0.15, 0.2) is 0 Å². The number of imide groups is 1. The maximum atomic E-state index is 13.3. The van der Waals surface area contributed by atoms with Crippen molar-refractivity contribution in [1.82, 2.24) is 15.1 Å². The predicted molar refractivity (Wildman–Crippen MR) is 126 cm³/mol. The van der Waals surface area contributed by atoms with Crippen molar-refractivity contribution in [3.8, 4) is 0 Å². The Morgan fingerprint density at radius 3 is 2.24 bits per heavy atom. The smallest absolute Gasteiger partial charge is 0.242 e. The Labute approximate surface area is 204 Å². The van der Waals surface area contributed by atoms with Gasteiger partial charge in [0.05, 0.1) is 11.8 Å². The number of benzene rings is 1. The highest BCUT2D eigenvalue weighted by Gasteiger charge is 2.47. The Bertz CT molecular complexity index is 919. The van der Waals surface area contributed by atoms with Gasteiger partial charge in [-0.15, -0.1) is 0 Å². The summed E-state index contributed by atoms with van der Waals surface area (Å²) >= 11 is 12.6. The van der Waals surface area contributed by atoms with Crippen LogP contribution >= 0.6 is 23.2 Å². The first-order chi connectivity index (χ1) is 15.8. The second-order valence-electron chi connectivity index (χ2n) is 8.42. The molecule has 1 fully saturated rings. The van der Waals surface area contributed by atoms with Gasteiger partial charge in [0.1, 0.15) is 6.04 Å². The summed E-state index contributed by atoms with van der Waals surface area (Å²) < 4.78 is 0. The molecule has 0 saturated carbocycles. The van der Waals surface area contributed by atoms with E-state index in [0.717, 1.165) is 6.42 Å². The molecule has 1 saturated heterocycles. The number of rotatable bonds is 9. The van der Waals surface area contributed by atoms with Crippen molar-refractivity contribution < 1.29 is 19.2 Å². The molecule has 1 aliphatic heterocycles. The van der Waals surface area contributed by atoms with Crippen LogP contribution in [0.3, 0.4) is 0 Å². The summed E-state index contributed by atoms with van der Waals surface area (Å²) in [6.45, 7) is 4.09. The van der Waals surface area contributed by atoms with E-state index in [2.05, 4.69) is 5.32 Å². The zero-order chi connectivity index (χ0) is 24.1. The van der Waals surface area contributed by atoms with Crippen molar-refractivity contribution in [2.45, 2.75) is 52.1 Å². The molecule has 3 atom stereocenters. The van der Waals surface area contributed by atoms with Gasteiger partial charge in [-0.3, -0.25) is 24.1 Å². The SMILES string of the molecule is CCCNC(=O)C(C)N(Cc1c(Cl)cccc1Cl)C(=O)CCN1C(=O)[C@H]2CC=CC[C@H]2C1=O. The van der Waals surface area contributed by atoms with Crippen molar-refractivity contribution in [2.75, 3.05) is 13.1 Å². The molecule has 2 aliphatic rings. The maximum Gasteiger partial charge on any atom is 0.242 e. The molecule has 9 heteroatoms. The average Bonchev–Trinajstić information content (AvgIpc) is 3.05. The standard InChI is InChI=1S/C24H29Cl2N3O4/c1-3-12-27-22(31)15(2)29(14-18-19(25)9-6-10-20(18)26)21(30)11-13-28-23(32)16-7-4-5-8-17(16)24(28)33/h4-6,9-10,15-17H,3,7-8,11-14H2,1-2H3,(H,27,31)/t15?,16-,17+. The summed E-state index contributed by atoms with van der Waals surface area (Å²) in [5.74, 6) is -1.78. The van der Waals surface area contributed by atoms with Crippen LogP contribution in [0.5, 0.6) is 0 Å². The number of carbonyl (C=O) groups is 4. The lowest BCUT2D eigenvalue weighted by molar-refractivity contribution is -0.143. The number of allylic oxidation sites excluding steroid dienone is 2. The lowest BCUT2D eigenvalue weighted by Crippen LogP contribution is -2.48. The first kappa shape index (κ1) is 25.2. The van der Waals surface area contributed by atoms with Gasteiger partial charge in [0.25, 0.3) is 0 Å². The number of halogens is 2. The van der Waals surface area contributed by atoms with Crippen LogP contribution in [0.15, 0.2) is 30.4 Å². The van der Waals surface area contributed by atoms with Crippen molar-refractivity contribution in [3.05, 3.63) is 46.0 Å². The largest absolute Gasteiger partial charge is 0.354 e. The number of nitrogens with one attached hydrogen (secondary N) is 1. The van der Waals surface area contributed by atoms with Crippen LogP contribution in [0.25, 0.3) is 0 Å². The van der Waals surface area contributed by atoms with Crippen molar-refractivity contribution in [3.63, 3.8) is 0 Å². The summed E-state index contributed by atoms with van der Waals surface area (Å²) in [5.41, 5.74) is 0.537. The first-order valence-electron chi connectivity index (χ1n) is 11.3. The van der Waals surface area contributed by atoms with Crippen LogP contribution in [0.2, 0.25) is 10.0 Å². The zero-order valence-electron chi connectivity index (χ0n) is 18.9. The van der Waals surface area contributed by atoms with E-state index in [0.29, 0.717) is 35.0 Å². The van der Waals surface area contributed by atoms with Gasteiger partial charge in [-0.25, -0.2) is 0 Å². The molecule has 178 valence electrons. The summed E-state index contributed by atoms with van der Waals surface area (Å²) in [6, 6.07) is 4.26. The second kappa shape index (κ2) is 11.2. The zero-order valence-corrected chi connectivity index (χ0v) is 20.4. The summed E-state index contributed by atoms with van der Waals surface area (Å²) in [4.78, 5) is 54.0. The van der Waals surface area contributed by atoms with Crippen LogP contribution in [-0.2, 0) is 25.7 Å². The fourth-order valence-corrected chi connectivity index (χ4v) is 4.79. The Kier molecular flexibility index (Phi) is 8.54. The van der Waals surface area contributed by atoms with Crippen molar-refractivity contribution >= 4 is 46.8 Å². The highest BCUT2D eigenvalue weighted by molar-refractivity contribution is 6.36. The Morgan fingerprint density at radius 1 is 1.12 bits per heavy atom. The molecule has 1 heterocycles. The fraction of sp³-hybridized carbons (Fsp3) is 0.500.